The zero-order chi connectivity index (χ0) is 23.0. The summed E-state index contributed by atoms with van der Waals surface area (Å²) in [6, 6.07) is 42.2. The second-order valence-electron chi connectivity index (χ2n) is 7.86. The molecule has 185 valence electrons. The third-order valence-electron chi connectivity index (χ3n) is 5.57. The molecule has 4 aromatic rings. The summed E-state index contributed by atoms with van der Waals surface area (Å²) < 4.78 is 0. The van der Waals surface area contributed by atoms with Gasteiger partial charge in [0.1, 0.15) is 0 Å². The molecule has 0 fully saturated rings. The van der Waals surface area contributed by atoms with Crippen molar-refractivity contribution in [3.63, 3.8) is 0 Å². The molecular formula is C31H29IrN4-3. The Morgan fingerprint density at radius 2 is 1.00 bits per heavy atom. The van der Waals surface area contributed by atoms with Gasteiger partial charge in [-0.1, -0.05) is 54.6 Å². The molecule has 36 heavy (non-hydrogen) atoms. The van der Waals surface area contributed by atoms with E-state index in [9.17, 15) is 0 Å². The van der Waals surface area contributed by atoms with Gasteiger partial charge in [0.25, 0.3) is 0 Å². The fraction of sp³-hybridized carbons (Fsp3) is 0.0323. The molecule has 4 aromatic carbocycles. The van der Waals surface area contributed by atoms with Crippen LogP contribution in [0.2, 0.25) is 0 Å². The summed E-state index contributed by atoms with van der Waals surface area (Å²) in [7, 11) is 0. The Hall–Kier alpha value is -3.79. The first kappa shape index (κ1) is 26.8. The summed E-state index contributed by atoms with van der Waals surface area (Å²) in [6.07, 6.45) is 8.29. The van der Waals surface area contributed by atoms with Gasteiger partial charge in [-0.3, -0.25) is 0 Å². The second-order valence-corrected chi connectivity index (χ2v) is 7.86. The topological polar surface area (TPSA) is 13.0 Å². The number of nitrogens with zero attached hydrogens (tertiary/aromatic N) is 4. The molecule has 0 unspecified atom stereocenters. The zero-order valence-electron chi connectivity index (χ0n) is 20.2. The van der Waals surface area contributed by atoms with Crippen LogP contribution in [0.4, 0.5) is 22.7 Å². The average Bonchev–Trinajstić information content (AvgIpc) is 3.62. The van der Waals surface area contributed by atoms with Gasteiger partial charge in [0, 0.05) is 49.6 Å². The van der Waals surface area contributed by atoms with Crippen molar-refractivity contribution in [2.75, 3.05) is 26.3 Å². The van der Waals surface area contributed by atoms with E-state index < -0.39 is 0 Å². The third kappa shape index (κ3) is 6.66. The Balaban J connectivity index is 0.000000190. The van der Waals surface area contributed by atoms with Gasteiger partial charge in [0.15, 0.2) is 0 Å². The van der Waals surface area contributed by atoms with Gasteiger partial charge in [0.05, 0.1) is 6.67 Å². The van der Waals surface area contributed by atoms with Crippen LogP contribution in [0.5, 0.6) is 0 Å². The first-order chi connectivity index (χ1) is 16.9. The molecule has 0 saturated carbocycles. The minimum atomic E-state index is 0. The molecule has 0 aromatic heterocycles. The number of hydrogen-bond acceptors (Lipinski definition) is 4. The van der Waals surface area contributed by atoms with Crippen LogP contribution in [0.15, 0.2) is 140 Å². The van der Waals surface area contributed by atoms with Crippen LogP contribution >= 0.6 is 0 Å². The average molecular weight is 650 g/mol. The molecule has 6 rings (SSSR count). The fourth-order valence-corrected chi connectivity index (χ4v) is 3.79. The quantitative estimate of drug-likeness (QED) is 0.215. The van der Waals surface area contributed by atoms with E-state index in [0.717, 1.165) is 18.0 Å². The molecule has 4 nitrogen and oxygen atoms in total. The molecule has 0 aliphatic carbocycles. The van der Waals surface area contributed by atoms with Crippen molar-refractivity contribution in [3.8, 4) is 0 Å². The van der Waals surface area contributed by atoms with Crippen LogP contribution in [0, 0.1) is 20.2 Å². The van der Waals surface area contributed by atoms with Crippen molar-refractivity contribution >= 4 is 22.7 Å². The van der Waals surface area contributed by atoms with Crippen LogP contribution in [0.1, 0.15) is 0 Å². The molecule has 0 atom stereocenters. The van der Waals surface area contributed by atoms with Gasteiger partial charge >= 0.3 is 0 Å². The van der Waals surface area contributed by atoms with Gasteiger partial charge < -0.3 is 27.0 Å². The van der Waals surface area contributed by atoms with Crippen LogP contribution < -0.4 is 19.6 Å². The third-order valence-corrected chi connectivity index (χ3v) is 5.57. The van der Waals surface area contributed by atoms with E-state index in [1.807, 2.05) is 78.6 Å². The maximum Gasteiger partial charge on any atom is 0.0989 e. The molecule has 0 amide bonds. The largest absolute Gasteiger partial charge is 0.500 e. The van der Waals surface area contributed by atoms with Crippen molar-refractivity contribution in [1.82, 2.24) is 0 Å². The SMILES string of the molecule is C1=CN(c2ccccc2)CN1c1ccccc1.[CH3-].[Ir].[c-]1ccccc1N1C=CN(c2ccccc2)[CH-]1. The van der Waals surface area contributed by atoms with E-state index >= 15 is 0 Å². The molecular weight excluding hydrogens is 621 g/mol. The van der Waals surface area contributed by atoms with Gasteiger partial charge in [-0.15, -0.1) is 12.4 Å². The number of hydrogen-bond donors (Lipinski definition) is 0. The Labute approximate surface area is 228 Å². The van der Waals surface area contributed by atoms with Crippen molar-refractivity contribution in [1.29, 1.82) is 0 Å². The van der Waals surface area contributed by atoms with Gasteiger partial charge in [-0.25, -0.2) is 0 Å². The minimum Gasteiger partial charge on any atom is -0.500 e. The van der Waals surface area contributed by atoms with Gasteiger partial charge in [0.2, 0.25) is 0 Å². The zero-order valence-corrected chi connectivity index (χ0v) is 22.6. The van der Waals surface area contributed by atoms with Crippen LogP contribution in [0.3, 0.4) is 0 Å². The van der Waals surface area contributed by atoms with E-state index in [0.29, 0.717) is 0 Å². The van der Waals surface area contributed by atoms with E-state index in [1.165, 1.54) is 11.4 Å². The maximum absolute atomic E-state index is 3.20. The Morgan fingerprint density at radius 1 is 0.528 bits per heavy atom. The number of anilines is 4. The molecule has 0 bridgehead atoms. The normalized spacial score (nSPS) is 13.6. The first-order valence-corrected chi connectivity index (χ1v) is 11.3. The van der Waals surface area contributed by atoms with Crippen LogP contribution in [0.25, 0.3) is 0 Å². The molecule has 0 saturated heterocycles. The summed E-state index contributed by atoms with van der Waals surface area (Å²) in [4.78, 5) is 8.59. The van der Waals surface area contributed by atoms with Crippen molar-refractivity contribution in [2.24, 2.45) is 0 Å². The Bertz CT molecular complexity index is 1020. The van der Waals surface area contributed by atoms with E-state index in [4.69, 9.17) is 0 Å². The van der Waals surface area contributed by atoms with E-state index in [2.05, 4.69) is 93.8 Å². The van der Waals surface area contributed by atoms with Crippen LogP contribution in [-0.2, 0) is 20.1 Å². The fourth-order valence-electron chi connectivity index (χ4n) is 3.79. The Morgan fingerprint density at radius 3 is 1.50 bits per heavy atom. The molecule has 1 radical (unpaired) electrons. The van der Waals surface area contributed by atoms with Crippen molar-refractivity contribution < 1.29 is 20.1 Å². The summed E-state index contributed by atoms with van der Waals surface area (Å²) in [6.45, 7) is 2.91. The molecule has 2 aliphatic heterocycles. The smallest absolute Gasteiger partial charge is 0.0989 e. The van der Waals surface area contributed by atoms with E-state index in [-0.39, 0.29) is 27.5 Å². The number of para-hydroxylation sites is 4. The summed E-state index contributed by atoms with van der Waals surface area (Å²) in [5, 5.41) is 0. The van der Waals surface area contributed by atoms with Gasteiger partial charge in [-0.2, -0.15) is 30.3 Å². The van der Waals surface area contributed by atoms with Crippen LogP contribution in [-0.4, -0.2) is 6.67 Å². The first-order valence-electron chi connectivity index (χ1n) is 11.3. The summed E-state index contributed by atoms with van der Waals surface area (Å²) in [5.74, 6) is 0. The van der Waals surface area contributed by atoms with E-state index in [1.54, 1.807) is 0 Å². The molecule has 2 heterocycles. The molecule has 0 spiro atoms. The Kier molecular flexibility index (Phi) is 9.93. The summed E-state index contributed by atoms with van der Waals surface area (Å²) >= 11 is 0. The maximum atomic E-state index is 3.20. The summed E-state index contributed by atoms with van der Waals surface area (Å²) in [5.41, 5.74) is 4.65. The second kappa shape index (κ2) is 13.3. The molecule has 2 aliphatic rings. The number of benzene rings is 4. The molecule has 5 heteroatoms. The predicted molar refractivity (Wildman–Crippen MR) is 148 cm³/mol. The standard InChI is InChI=1S/C15H14N2.C15H12N2.CH3.Ir/c2*1-3-7-14(8-4-1)16-11-12-17(13-16)15-9-5-2-6-10-15;;/h1-12H,13H2;1-9,11-13H;1H3;/q;-2;-1;. The van der Waals surface area contributed by atoms with Crippen molar-refractivity contribution in [2.45, 2.75) is 0 Å². The minimum absolute atomic E-state index is 0. The monoisotopic (exact) mass is 650 g/mol. The van der Waals surface area contributed by atoms with Crippen molar-refractivity contribution in [3.05, 3.63) is 160 Å². The predicted octanol–water partition coefficient (Wildman–Crippen LogP) is 7.29. The van der Waals surface area contributed by atoms with Gasteiger partial charge in [-0.05, 0) is 48.8 Å². The molecule has 0 N–H and O–H groups in total. The number of rotatable bonds is 4.